The number of hydrogen-bond donors (Lipinski definition) is 0. The fourth-order valence-electron chi connectivity index (χ4n) is 3.24. The van der Waals surface area contributed by atoms with Crippen LogP contribution in [0.5, 0.6) is 0 Å². The summed E-state index contributed by atoms with van der Waals surface area (Å²) in [5.74, 6) is -1.29. The van der Waals surface area contributed by atoms with Crippen molar-refractivity contribution in [2.75, 3.05) is 25.5 Å². The number of aliphatic imine (C=N–C) groups is 1. The van der Waals surface area contributed by atoms with Crippen molar-refractivity contribution in [1.82, 2.24) is 5.06 Å². The van der Waals surface area contributed by atoms with Gasteiger partial charge >= 0.3 is 5.97 Å². The largest absolute Gasteiger partial charge is 0.467 e. The molecule has 2 aliphatic heterocycles. The van der Waals surface area contributed by atoms with Gasteiger partial charge in [0.15, 0.2) is 0 Å². The molecule has 0 spiro atoms. The Morgan fingerprint density at radius 1 is 1.03 bits per heavy atom. The molecule has 0 saturated carbocycles. The highest BCUT2D eigenvalue weighted by Gasteiger charge is 2.33. The van der Waals surface area contributed by atoms with E-state index < -0.39 is 17.8 Å². The highest BCUT2D eigenvalue weighted by atomic mass is 16.7. The van der Waals surface area contributed by atoms with E-state index in [1.54, 1.807) is 24.3 Å². The second-order valence-electron chi connectivity index (χ2n) is 7.28. The Balaban J connectivity index is 1.39. The Kier molecular flexibility index (Phi) is 5.22. The van der Waals surface area contributed by atoms with Crippen LogP contribution in [0.4, 0.5) is 5.69 Å². The first-order valence-corrected chi connectivity index (χ1v) is 9.59. The minimum atomic E-state index is -0.765. The van der Waals surface area contributed by atoms with Crippen molar-refractivity contribution in [3.8, 4) is 0 Å². The molecule has 8 heteroatoms. The number of nitrogens with zero attached hydrogens (tertiary/aromatic N) is 3. The van der Waals surface area contributed by atoms with Crippen molar-refractivity contribution in [3.63, 3.8) is 0 Å². The first kappa shape index (κ1) is 19.6. The molecule has 1 atom stereocenters. The number of hydrogen-bond acceptors (Lipinski definition) is 7. The summed E-state index contributed by atoms with van der Waals surface area (Å²) < 4.78 is 5.99. The highest BCUT2D eigenvalue weighted by molar-refractivity contribution is 6.03. The molecule has 0 N–H and O–H groups in total. The van der Waals surface area contributed by atoms with Gasteiger partial charge in [0.05, 0.1) is 12.1 Å². The normalized spacial score (nSPS) is 18.3. The van der Waals surface area contributed by atoms with E-state index >= 15 is 0 Å². The van der Waals surface area contributed by atoms with E-state index in [9.17, 15) is 14.4 Å². The number of carbonyl (C=O) groups excluding carboxylic acids is 3. The molecule has 2 heterocycles. The van der Waals surface area contributed by atoms with Gasteiger partial charge in [-0.25, -0.2) is 9.79 Å². The number of ether oxygens (including phenoxy) is 1. The zero-order valence-electron chi connectivity index (χ0n) is 16.7. The Hall–Kier alpha value is -3.68. The molecule has 2 amide bonds. The lowest BCUT2D eigenvalue weighted by atomic mass is 10.1. The zero-order chi connectivity index (χ0) is 21.3. The third kappa shape index (κ3) is 3.89. The van der Waals surface area contributed by atoms with Gasteiger partial charge in [-0.2, -0.15) is 0 Å². The number of rotatable bonds is 5. The van der Waals surface area contributed by atoms with Crippen LogP contribution in [0.25, 0.3) is 0 Å². The van der Waals surface area contributed by atoms with E-state index in [0.29, 0.717) is 17.5 Å². The number of hydroxylamine groups is 2. The fourth-order valence-corrected chi connectivity index (χ4v) is 3.24. The first-order valence-electron chi connectivity index (χ1n) is 9.59. The average Bonchev–Trinajstić information content (AvgIpc) is 3.37. The number of benzene rings is 2. The highest BCUT2D eigenvalue weighted by Crippen LogP contribution is 2.27. The second-order valence-corrected chi connectivity index (χ2v) is 7.28. The quantitative estimate of drug-likeness (QED) is 0.708. The van der Waals surface area contributed by atoms with E-state index in [1.165, 1.54) is 0 Å². The Morgan fingerprint density at radius 3 is 2.27 bits per heavy atom. The summed E-state index contributed by atoms with van der Waals surface area (Å²) in [7, 11) is 3.98. The second kappa shape index (κ2) is 7.98. The van der Waals surface area contributed by atoms with Gasteiger partial charge in [-0.15, -0.1) is 5.06 Å². The molecule has 0 radical (unpaired) electrons. The van der Waals surface area contributed by atoms with Gasteiger partial charge in [0.2, 0.25) is 5.90 Å². The molecule has 2 aliphatic rings. The summed E-state index contributed by atoms with van der Waals surface area (Å²) >= 11 is 0. The zero-order valence-corrected chi connectivity index (χ0v) is 16.7. The summed E-state index contributed by atoms with van der Waals surface area (Å²) in [5.41, 5.74) is 3.10. The minimum absolute atomic E-state index is 0.0568. The Morgan fingerprint density at radius 2 is 1.67 bits per heavy atom. The SMILES string of the molecule is CN(C)c1ccc(C2CN=C(c3ccc(C(=O)ON4C(=O)CCC4=O)cc3)O2)cc1. The number of carbonyl (C=O) groups is 3. The van der Waals surface area contributed by atoms with Crippen molar-refractivity contribution in [2.45, 2.75) is 18.9 Å². The molecular formula is C22H21N3O5. The number of amides is 2. The van der Waals surface area contributed by atoms with E-state index in [0.717, 1.165) is 16.8 Å². The molecule has 2 aromatic carbocycles. The molecule has 8 nitrogen and oxygen atoms in total. The van der Waals surface area contributed by atoms with Crippen molar-refractivity contribution in [3.05, 3.63) is 65.2 Å². The predicted molar refractivity (Wildman–Crippen MR) is 109 cm³/mol. The number of imide groups is 1. The van der Waals surface area contributed by atoms with Gasteiger partial charge in [-0.3, -0.25) is 9.59 Å². The van der Waals surface area contributed by atoms with Crippen LogP contribution in [-0.4, -0.2) is 49.4 Å². The first-order chi connectivity index (χ1) is 14.4. The predicted octanol–water partition coefficient (Wildman–Crippen LogP) is 2.49. The third-order valence-electron chi connectivity index (χ3n) is 4.98. The van der Waals surface area contributed by atoms with E-state index in [2.05, 4.69) is 4.99 Å². The molecule has 0 aliphatic carbocycles. The summed E-state index contributed by atoms with van der Waals surface area (Å²) in [6, 6.07) is 14.6. The van der Waals surface area contributed by atoms with E-state index in [4.69, 9.17) is 9.57 Å². The van der Waals surface area contributed by atoms with Gasteiger partial charge in [0.25, 0.3) is 11.8 Å². The monoisotopic (exact) mass is 407 g/mol. The molecule has 1 unspecified atom stereocenters. The number of anilines is 1. The molecular weight excluding hydrogens is 386 g/mol. The summed E-state index contributed by atoms with van der Waals surface area (Å²) in [6.07, 6.45) is -0.0456. The van der Waals surface area contributed by atoms with Crippen LogP contribution in [0.1, 0.15) is 40.4 Å². The van der Waals surface area contributed by atoms with Crippen LogP contribution in [-0.2, 0) is 19.2 Å². The lowest BCUT2D eigenvalue weighted by Gasteiger charge is -2.15. The van der Waals surface area contributed by atoms with Crippen LogP contribution in [0, 0.1) is 0 Å². The molecule has 30 heavy (non-hydrogen) atoms. The summed E-state index contributed by atoms with van der Waals surface area (Å²) in [5, 5.41) is 0.534. The Labute approximate surface area is 173 Å². The molecule has 4 rings (SSSR count). The van der Waals surface area contributed by atoms with Gasteiger partial charge in [0, 0.05) is 38.2 Å². The van der Waals surface area contributed by atoms with Gasteiger partial charge in [0.1, 0.15) is 6.10 Å². The standard InChI is InChI=1S/C22H21N3O5/c1-24(2)17-9-7-14(8-10-17)18-13-23-21(29-18)15-3-5-16(6-4-15)22(28)30-25-19(26)11-12-20(25)27/h3-10,18H,11-13H2,1-2H3. The fraction of sp³-hybridized carbons (Fsp3) is 0.273. The summed E-state index contributed by atoms with van der Waals surface area (Å²) in [4.78, 5) is 46.8. The molecule has 1 saturated heterocycles. The third-order valence-corrected chi connectivity index (χ3v) is 4.98. The van der Waals surface area contributed by atoms with E-state index in [1.807, 2.05) is 43.3 Å². The van der Waals surface area contributed by atoms with Crippen LogP contribution in [0.15, 0.2) is 53.5 Å². The molecule has 1 fully saturated rings. The maximum absolute atomic E-state index is 12.2. The van der Waals surface area contributed by atoms with Crippen molar-refractivity contribution in [2.24, 2.45) is 4.99 Å². The molecule has 0 aromatic heterocycles. The van der Waals surface area contributed by atoms with Crippen LogP contribution >= 0.6 is 0 Å². The molecule has 154 valence electrons. The van der Waals surface area contributed by atoms with Gasteiger partial charge < -0.3 is 14.5 Å². The van der Waals surface area contributed by atoms with E-state index in [-0.39, 0.29) is 24.5 Å². The molecule has 0 bridgehead atoms. The topological polar surface area (TPSA) is 88.5 Å². The Bertz CT molecular complexity index is 996. The summed E-state index contributed by atoms with van der Waals surface area (Å²) in [6.45, 7) is 0.514. The van der Waals surface area contributed by atoms with Crippen LogP contribution in [0.3, 0.4) is 0 Å². The van der Waals surface area contributed by atoms with Crippen LogP contribution in [0.2, 0.25) is 0 Å². The average molecular weight is 407 g/mol. The van der Waals surface area contributed by atoms with Gasteiger partial charge in [-0.1, -0.05) is 12.1 Å². The minimum Gasteiger partial charge on any atom is -0.467 e. The van der Waals surface area contributed by atoms with Crippen LogP contribution < -0.4 is 4.90 Å². The van der Waals surface area contributed by atoms with Crippen molar-refractivity contribution < 1.29 is 24.0 Å². The van der Waals surface area contributed by atoms with Crippen molar-refractivity contribution >= 4 is 29.4 Å². The molecule has 2 aromatic rings. The van der Waals surface area contributed by atoms with Gasteiger partial charge in [-0.05, 0) is 42.0 Å². The van der Waals surface area contributed by atoms with Crippen molar-refractivity contribution in [1.29, 1.82) is 0 Å². The smallest absolute Gasteiger partial charge is 0.363 e. The lowest BCUT2D eigenvalue weighted by Crippen LogP contribution is -2.32. The maximum Gasteiger partial charge on any atom is 0.363 e. The lowest BCUT2D eigenvalue weighted by molar-refractivity contribution is -0.172. The maximum atomic E-state index is 12.2.